The van der Waals surface area contributed by atoms with E-state index in [-0.39, 0.29) is 64.6 Å². The molecule has 1 aromatic carbocycles. The molecule has 0 fully saturated rings. The Morgan fingerprint density at radius 1 is 0.614 bits per heavy atom. The van der Waals surface area contributed by atoms with Crippen LogP contribution in [0, 0.1) is 0 Å². The molecule has 0 saturated heterocycles. The zero-order chi connectivity index (χ0) is 42.0. The van der Waals surface area contributed by atoms with Crippen LogP contribution in [0.15, 0.2) is 24.3 Å². The van der Waals surface area contributed by atoms with Gasteiger partial charge in [-0.05, 0) is 24.1 Å². The molecule has 20 heteroatoms. The lowest BCUT2D eigenvalue weighted by molar-refractivity contribution is -0.177. The Kier molecular flexibility index (Phi) is 31.9. The SMILES string of the molecule is COCCOCCOCCNC(=O)CN(CC(=O)NCCOCCOCCOC)C(Cc1ccc(OP([O-])(=S)C(C)C)cc1)C(=O)NCCOCCOCCOC. The van der Waals surface area contributed by atoms with Crippen LogP contribution in [0.3, 0.4) is 0 Å². The van der Waals surface area contributed by atoms with Crippen molar-refractivity contribution in [3.05, 3.63) is 29.8 Å². The van der Waals surface area contributed by atoms with Crippen molar-refractivity contribution in [2.45, 2.75) is 32.0 Å². The summed E-state index contributed by atoms with van der Waals surface area (Å²) in [4.78, 5) is 54.6. The first-order valence-corrected chi connectivity index (χ1v) is 21.8. The highest BCUT2D eigenvalue weighted by Crippen LogP contribution is 2.43. The number of ether oxygens (including phenoxy) is 9. The van der Waals surface area contributed by atoms with E-state index >= 15 is 0 Å². The van der Waals surface area contributed by atoms with Gasteiger partial charge < -0.3 is 68.0 Å². The maximum Gasteiger partial charge on any atom is 0.237 e. The zero-order valence-electron chi connectivity index (χ0n) is 34.3. The van der Waals surface area contributed by atoms with Gasteiger partial charge in [-0.25, -0.2) is 0 Å². The van der Waals surface area contributed by atoms with Crippen molar-refractivity contribution in [1.82, 2.24) is 20.9 Å². The average Bonchev–Trinajstić information content (AvgIpc) is 3.18. The van der Waals surface area contributed by atoms with E-state index in [0.29, 0.717) is 90.6 Å². The van der Waals surface area contributed by atoms with E-state index in [2.05, 4.69) is 16.0 Å². The molecule has 3 amide bonds. The summed E-state index contributed by atoms with van der Waals surface area (Å²) in [5.41, 5.74) is 0.348. The van der Waals surface area contributed by atoms with Crippen LogP contribution < -0.4 is 25.4 Å². The first-order valence-electron chi connectivity index (χ1n) is 19.1. The van der Waals surface area contributed by atoms with Gasteiger partial charge in [-0.15, -0.1) is 0 Å². The summed E-state index contributed by atoms with van der Waals surface area (Å²) in [5, 5.41) is 8.48. The number of nitrogens with zero attached hydrogens (tertiary/aromatic N) is 1. The molecule has 3 N–H and O–H groups in total. The number of hydrogen-bond acceptors (Lipinski definition) is 16. The largest absolute Gasteiger partial charge is 0.791 e. The van der Waals surface area contributed by atoms with E-state index in [1.807, 2.05) is 0 Å². The molecule has 0 aliphatic carbocycles. The topological polar surface area (TPSA) is 206 Å². The maximum atomic E-state index is 13.9. The normalized spacial score (nSPS) is 13.1. The van der Waals surface area contributed by atoms with Gasteiger partial charge in [0.15, 0.2) is 0 Å². The number of carbonyl (C=O) groups excluding carboxylic acids is 3. The minimum Gasteiger partial charge on any atom is -0.791 e. The smallest absolute Gasteiger partial charge is 0.237 e. The van der Waals surface area contributed by atoms with E-state index in [1.54, 1.807) is 59.4 Å². The Morgan fingerprint density at radius 3 is 1.37 bits per heavy atom. The van der Waals surface area contributed by atoms with Crippen LogP contribution in [0.25, 0.3) is 0 Å². The highest BCUT2D eigenvalue weighted by atomic mass is 32.5. The maximum absolute atomic E-state index is 13.9. The molecule has 0 aliphatic rings. The van der Waals surface area contributed by atoms with Gasteiger partial charge in [0.2, 0.25) is 17.7 Å². The van der Waals surface area contributed by atoms with Gasteiger partial charge in [-0.1, -0.05) is 37.8 Å². The van der Waals surface area contributed by atoms with Crippen molar-refractivity contribution < 1.29 is 66.4 Å². The van der Waals surface area contributed by atoms with Crippen LogP contribution in [0.1, 0.15) is 19.4 Å². The van der Waals surface area contributed by atoms with E-state index in [4.69, 9.17) is 59.0 Å². The lowest BCUT2D eigenvalue weighted by atomic mass is 10.0. The number of rotatable bonds is 38. The second kappa shape index (κ2) is 34.5. The summed E-state index contributed by atoms with van der Waals surface area (Å²) in [6, 6.07) is 5.74. The Balaban J connectivity index is 3.05. The molecule has 2 atom stereocenters. The van der Waals surface area contributed by atoms with Gasteiger partial charge >= 0.3 is 0 Å². The van der Waals surface area contributed by atoms with E-state index in [9.17, 15) is 19.3 Å². The van der Waals surface area contributed by atoms with Crippen molar-refractivity contribution in [1.29, 1.82) is 0 Å². The number of carbonyl (C=O) groups is 3. The van der Waals surface area contributed by atoms with Crippen LogP contribution in [0.2, 0.25) is 0 Å². The highest BCUT2D eigenvalue weighted by molar-refractivity contribution is 8.09. The van der Waals surface area contributed by atoms with Crippen molar-refractivity contribution >= 4 is 36.0 Å². The van der Waals surface area contributed by atoms with Crippen molar-refractivity contribution in [3.63, 3.8) is 0 Å². The predicted octanol–water partition coefficient (Wildman–Crippen LogP) is -0.256. The highest BCUT2D eigenvalue weighted by Gasteiger charge is 2.29. The van der Waals surface area contributed by atoms with Gasteiger partial charge in [0.25, 0.3) is 0 Å². The Morgan fingerprint density at radius 2 is 0.982 bits per heavy atom. The molecule has 0 aromatic heterocycles. The molecular weight excluding hydrogens is 787 g/mol. The second-order valence-electron chi connectivity index (χ2n) is 12.6. The minimum atomic E-state index is -3.31. The number of benzene rings is 1. The fourth-order valence-electron chi connectivity index (χ4n) is 4.59. The first-order chi connectivity index (χ1) is 27.5. The number of hydrogen-bond donors (Lipinski definition) is 3. The summed E-state index contributed by atoms with van der Waals surface area (Å²) in [5.74, 6) is -0.904. The third-order valence-corrected chi connectivity index (χ3v) is 11.0. The lowest BCUT2D eigenvalue weighted by Gasteiger charge is -2.32. The zero-order valence-corrected chi connectivity index (χ0v) is 36.0. The molecule has 0 saturated carbocycles. The van der Waals surface area contributed by atoms with Gasteiger partial charge in [0.1, 0.15) is 5.75 Å². The molecule has 2 unspecified atom stereocenters. The fourth-order valence-corrected chi connectivity index (χ4v) is 5.47. The van der Waals surface area contributed by atoms with Crippen molar-refractivity contribution in [2.75, 3.05) is 153 Å². The molecule has 0 heterocycles. The van der Waals surface area contributed by atoms with Crippen molar-refractivity contribution in [2.24, 2.45) is 0 Å². The molecule has 0 spiro atoms. The molecule has 0 radical (unpaired) electrons. The fraction of sp³-hybridized carbons (Fsp3) is 0.757. The van der Waals surface area contributed by atoms with Crippen molar-refractivity contribution in [3.8, 4) is 5.75 Å². The molecular formula is C37H66N4O14PS-. The molecule has 1 aromatic rings. The van der Waals surface area contributed by atoms with Crippen LogP contribution in [0.4, 0.5) is 0 Å². The Labute approximate surface area is 343 Å². The van der Waals surface area contributed by atoms with Gasteiger partial charge in [0.05, 0.1) is 118 Å². The summed E-state index contributed by atoms with van der Waals surface area (Å²) < 4.78 is 53.3. The second-order valence-corrected chi connectivity index (χ2v) is 16.5. The molecule has 18 nitrogen and oxygen atoms in total. The third-order valence-electron chi connectivity index (χ3n) is 7.75. The number of methoxy groups -OCH3 is 3. The van der Waals surface area contributed by atoms with Crippen LogP contribution in [0.5, 0.6) is 5.75 Å². The molecule has 330 valence electrons. The van der Waals surface area contributed by atoms with Crippen LogP contribution >= 0.6 is 6.49 Å². The molecule has 57 heavy (non-hydrogen) atoms. The summed E-state index contributed by atoms with van der Waals surface area (Å²) in [6.45, 7) is 5.83. The van der Waals surface area contributed by atoms with Crippen LogP contribution in [-0.4, -0.2) is 187 Å². The van der Waals surface area contributed by atoms with Gasteiger partial charge in [-0.3, -0.25) is 19.3 Å². The van der Waals surface area contributed by atoms with Gasteiger partial charge in [0, 0.05) is 53.1 Å². The van der Waals surface area contributed by atoms with Gasteiger partial charge in [-0.2, -0.15) is 0 Å². The lowest BCUT2D eigenvalue weighted by Crippen LogP contribution is -2.54. The summed E-state index contributed by atoms with van der Waals surface area (Å²) in [6.07, 6.45) is 0.120. The molecule has 1 rings (SSSR count). The summed E-state index contributed by atoms with van der Waals surface area (Å²) in [7, 11) is 4.78. The quantitative estimate of drug-likeness (QED) is 0.0579. The molecule has 0 bridgehead atoms. The first kappa shape index (κ1) is 52.7. The minimum absolute atomic E-state index is 0.120. The average molecular weight is 854 g/mol. The number of nitrogens with one attached hydrogen (secondary N) is 3. The Hall–Kier alpha value is -2.36. The summed E-state index contributed by atoms with van der Waals surface area (Å²) >= 11 is 5.17. The Bertz CT molecular complexity index is 1200. The predicted molar refractivity (Wildman–Crippen MR) is 215 cm³/mol. The van der Waals surface area contributed by atoms with Crippen LogP contribution in [-0.2, 0) is 75.2 Å². The number of amides is 3. The monoisotopic (exact) mass is 853 g/mol. The van der Waals surface area contributed by atoms with E-state index < -0.39 is 30.3 Å². The van der Waals surface area contributed by atoms with E-state index in [1.165, 1.54) is 4.90 Å². The standard InChI is InChI=1S/C37H67N4O14PS/c1-31(2)56(45,57)55-33-8-6-32(7-9-33)28-34(37(44)40-12-15-51-24-27-54-21-18-48-5)41(29-35(42)38-10-13-49-22-25-52-19-16-46-3)30-36(43)39-11-14-50-23-26-53-20-17-47-4/h6-9,31,34H,10-30H2,1-5H3,(H,38,42)(H,39,43)(H,40,44)(H,45,57)/p-1. The third kappa shape index (κ3) is 27.9. The molecule has 0 aliphatic heterocycles. The van der Waals surface area contributed by atoms with E-state index in [0.717, 1.165) is 0 Å².